The van der Waals surface area contributed by atoms with Gasteiger partial charge in [-0.05, 0) is 26.3 Å². The van der Waals surface area contributed by atoms with E-state index in [0.29, 0.717) is 19.3 Å². The molecule has 0 spiro atoms. The van der Waals surface area contributed by atoms with Crippen LogP contribution in [0.5, 0.6) is 0 Å². The number of carbonyl (C=O) groups is 1. The summed E-state index contributed by atoms with van der Waals surface area (Å²) < 4.78 is 10.4. The number of piperidine rings is 1. The van der Waals surface area contributed by atoms with Crippen LogP contribution >= 0.6 is 0 Å². The van der Waals surface area contributed by atoms with E-state index in [0.717, 1.165) is 19.5 Å². The molecule has 1 atom stereocenters. The molecule has 0 unspecified atom stereocenters. The Labute approximate surface area is 103 Å². The van der Waals surface area contributed by atoms with Crippen LogP contribution in [0.3, 0.4) is 0 Å². The third-order valence-electron chi connectivity index (χ3n) is 2.45. The largest absolute Gasteiger partial charge is 0.463 e. The molecule has 0 aromatic rings. The number of hydrogen-bond donors (Lipinski definition) is 1. The maximum Gasteiger partial charge on any atom is 0.330 e. The lowest BCUT2D eigenvalue weighted by Gasteiger charge is -2.22. The van der Waals surface area contributed by atoms with Crippen molar-refractivity contribution in [1.82, 2.24) is 5.32 Å². The van der Waals surface area contributed by atoms with Gasteiger partial charge in [-0.15, -0.1) is 0 Å². The number of ether oxygens (including phenoxy) is 2. The normalized spacial score (nSPS) is 21.1. The first-order chi connectivity index (χ1) is 8.33. The zero-order chi connectivity index (χ0) is 12.3. The number of esters is 1. The SMILES string of the molecule is CCOC(=O)/C=C/C=C/CO[C@@H]1CCCNC1. The highest BCUT2D eigenvalue weighted by atomic mass is 16.5. The Morgan fingerprint density at radius 1 is 1.47 bits per heavy atom. The Morgan fingerprint density at radius 3 is 3.06 bits per heavy atom. The molecule has 0 saturated carbocycles. The number of carbonyl (C=O) groups excluding carboxylic acids is 1. The Hall–Kier alpha value is -1.13. The van der Waals surface area contributed by atoms with Crippen LogP contribution in [-0.4, -0.2) is 38.4 Å². The van der Waals surface area contributed by atoms with Crippen molar-refractivity contribution in [1.29, 1.82) is 0 Å². The number of hydrogen-bond acceptors (Lipinski definition) is 4. The summed E-state index contributed by atoms with van der Waals surface area (Å²) in [6.07, 6.45) is 9.39. The molecule has 0 aliphatic carbocycles. The summed E-state index contributed by atoms with van der Waals surface area (Å²) >= 11 is 0. The van der Waals surface area contributed by atoms with Gasteiger partial charge in [0.25, 0.3) is 0 Å². The van der Waals surface area contributed by atoms with Crippen molar-refractivity contribution in [2.24, 2.45) is 0 Å². The van der Waals surface area contributed by atoms with Crippen LogP contribution in [-0.2, 0) is 14.3 Å². The maximum absolute atomic E-state index is 10.9. The highest BCUT2D eigenvalue weighted by molar-refractivity contribution is 5.82. The van der Waals surface area contributed by atoms with Crippen molar-refractivity contribution in [3.8, 4) is 0 Å². The molecule has 1 N–H and O–H groups in total. The summed E-state index contributed by atoms with van der Waals surface area (Å²) in [5.74, 6) is -0.311. The molecule has 0 bridgehead atoms. The predicted octanol–water partition coefficient (Wildman–Crippen LogP) is 1.43. The van der Waals surface area contributed by atoms with E-state index in [1.165, 1.54) is 12.5 Å². The van der Waals surface area contributed by atoms with Crippen molar-refractivity contribution >= 4 is 5.97 Å². The van der Waals surface area contributed by atoms with Crippen LogP contribution in [0.1, 0.15) is 19.8 Å². The van der Waals surface area contributed by atoms with E-state index in [4.69, 9.17) is 9.47 Å². The minimum atomic E-state index is -0.311. The molecule has 0 radical (unpaired) electrons. The quantitative estimate of drug-likeness (QED) is 0.433. The fraction of sp³-hybridized carbons (Fsp3) is 0.615. The van der Waals surface area contributed by atoms with Gasteiger partial charge >= 0.3 is 5.97 Å². The molecule has 0 aromatic carbocycles. The molecule has 1 aliphatic heterocycles. The van der Waals surface area contributed by atoms with Gasteiger partial charge in [0.2, 0.25) is 0 Å². The highest BCUT2D eigenvalue weighted by Gasteiger charge is 2.11. The van der Waals surface area contributed by atoms with Crippen LogP contribution in [0.15, 0.2) is 24.3 Å². The fourth-order valence-corrected chi connectivity index (χ4v) is 1.61. The zero-order valence-electron chi connectivity index (χ0n) is 10.4. The van der Waals surface area contributed by atoms with Crippen molar-refractivity contribution < 1.29 is 14.3 Å². The van der Waals surface area contributed by atoms with Gasteiger partial charge in [-0.2, -0.15) is 0 Å². The van der Waals surface area contributed by atoms with Gasteiger partial charge in [0.1, 0.15) is 0 Å². The topological polar surface area (TPSA) is 47.6 Å². The van der Waals surface area contributed by atoms with Gasteiger partial charge in [-0.1, -0.05) is 18.2 Å². The van der Waals surface area contributed by atoms with Gasteiger partial charge in [0, 0.05) is 12.6 Å². The first kappa shape index (κ1) is 13.9. The van der Waals surface area contributed by atoms with E-state index in [-0.39, 0.29) is 5.97 Å². The molecule has 1 saturated heterocycles. The highest BCUT2D eigenvalue weighted by Crippen LogP contribution is 2.05. The molecular formula is C13H21NO3. The second-order valence-electron chi connectivity index (χ2n) is 3.84. The Balaban J connectivity index is 2.06. The van der Waals surface area contributed by atoms with Crippen LogP contribution in [0.4, 0.5) is 0 Å². The monoisotopic (exact) mass is 239 g/mol. The molecule has 4 heteroatoms. The molecule has 4 nitrogen and oxygen atoms in total. The summed E-state index contributed by atoms with van der Waals surface area (Å²) in [5.41, 5.74) is 0. The number of nitrogens with one attached hydrogen (secondary N) is 1. The van der Waals surface area contributed by atoms with E-state index in [9.17, 15) is 4.79 Å². The van der Waals surface area contributed by atoms with Crippen molar-refractivity contribution in [2.75, 3.05) is 26.3 Å². The van der Waals surface area contributed by atoms with E-state index in [1.54, 1.807) is 19.1 Å². The summed E-state index contributed by atoms with van der Waals surface area (Å²) in [7, 11) is 0. The van der Waals surface area contributed by atoms with Crippen molar-refractivity contribution in [2.45, 2.75) is 25.9 Å². The Bertz CT molecular complexity index is 268. The Morgan fingerprint density at radius 2 is 2.35 bits per heavy atom. The molecule has 1 aliphatic rings. The lowest BCUT2D eigenvalue weighted by molar-refractivity contribution is -0.137. The number of allylic oxidation sites excluding steroid dienone is 2. The average molecular weight is 239 g/mol. The first-order valence-corrected chi connectivity index (χ1v) is 6.15. The number of rotatable bonds is 6. The molecule has 0 aromatic heterocycles. The van der Waals surface area contributed by atoms with Gasteiger partial charge < -0.3 is 14.8 Å². The maximum atomic E-state index is 10.9. The van der Waals surface area contributed by atoms with Gasteiger partial charge in [-0.3, -0.25) is 0 Å². The minimum absolute atomic E-state index is 0.311. The summed E-state index contributed by atoms with van der Waals surface area (Å²) in [6, 6.07) is 0. The molecule has 1 fully saturated rings. The van der Waals surface area contributed by atoms with Crippen LogP contribution < -0.4 is 5.32 Å². The fourth-order valence-electron chi connectivity index (χ4n) is 1.61. The van der Waals surface area contributed by atoms with E-state index in [1.807, 2.05) is 6.08 Å². The smallest absolute Gasteiger partial charge is 0.330 e. The third kappa shape index (κ3) is 6.92. The average Bonchev–Trinajstić information content (AvgIpc) is 2.35. The van der Waals surface area contributed by atoms with Crippen molar-refractivity contribution in [3.63, 3.8) is 0 Å². The standard InChI is InChI=1S/C13H21NO3/c1-2-16-13(15)8-4-3-5-10-17-12-7-6-9-14-11-12/h3-5,8,12,14H,2,6-7,9-11H2,1H3/b5-3+,8-4+/t12-/m1/s1. The summed E-state index contributed by atoms with van der Waals surface area (Å²) in [5, 5.41) is 3.29. The van der Waals surface area contributed by atoms with Gasteiger partial charge in [0.05, 0.1) is 19.3 Å². The van der Waals surface area contributed by atoms with E-state index in [2.05, 4.69) is 5.32 Å². The first-order valence-electron chi connectivity index (χ1n) is 6.15. The second-order valence-corrected chi connectivity index (χ2v) is 3.84. The predicted molar refractivity (Wildman–Crippen MR) is 66.8 cm³/mol. The van der Waals surface area contributed by atoms with Crippen molar-refractivity contribution in [3.05, 3.63) is 24.3 Å². The Kier molecular flexibility index (Phi) is 7.34. The lowest BCUT2D eigenvalue weighted by Crippen LogP contribution is -2.35. The summed E-state index contributed by atoms with van der Waals surface area (Å²) in [4.78, 5) is 10.9. The van der Waals surface area contributed by atoms with Crippen LogP contribution in [0, 0.1) is 0 Å². The summed E-state index contributed by atoms with van der Waals surface area (Å²) in [6.45, 7) is 4.81. The molecule has 0 amide bonds. The second kappa shape index (κ2) is 8.96. The molecule has 1 heterocycles. The molecule has 1 rings (SSSR count). The zero-order valence-corrected chi connectivity index (χ0v) is 10.4. The minimum Gasteiger partial charge on any atom is -0.463 e. The van der Waals surface area contributed by atoms with E-state index < -0.39 is 0 Å². The molecule has 17 heavy (non-hydrogen) atoms. The third-order valence-corrected chi connectivity index (χ3v) is 2.45. The van der Waals surface area contributed by atoms with Crippen LogP contribution in [0.2, 0.25) is 0 Å². The van der Waals surface area contributed by atoms with E-state index >= 15 is 0 Å². The lowest BCUT2D eigenvalue weighted by atomic mass is 10.1. The van der Waals surface area contributed by atoms with Crippen LogP contribution in [0.25, 0.3) is 0 Å². The molecular weight excluding hydrogens is 218 g/mol. The molecule has 96 valence electrons. The van der Waals surface area contributed by atoms with Gasteiger partial charge in [0.15, 0.2) is 0 Å². The van der Waals surface area contributed by atoms with Gasteiger partial charge in [-0.25, -0.2) is 4.79 Å².